The maximum absolute atomic E-state index is 13.4. The number of fused-ring (bicyclic) bond motifs is 1. The summed E-state index contributed by atoms with van der Waals surface area (Å²) in [7, 11) is 0. The van der Waals surface area contributed by atoms with Crippen molar-refractivity contribution < 1.29 is 13.6 Å². The number of hydrogen-bond donors (Lipinski definition) is 3. The first-order valence-corrected chi connectivity index (χ1v) is 8.84. The van der Waals surface area contributed by atoms with E-state index in [9.17, 15) is 13.6 Å². The number of nitrogen functional groups attached to an aromatic ring is 1. The molecule has 1 heterocycles. The summed E-state index contributed by atoms with van der Waals surface area (Å²) in [4.78, 5) is 16.9. The fourth-order valence-corrected chi connectivity index (χ4v) is 3.39. The van der Waals surface area contributed by atoms with Gasteiger partial charge in [-0.15, -0.1) is 0 Å². The van der Waals surface area contributed by atoms with Gasteiger partial charge in [-0.3, -0.25) is 4.79 Å². The van der Waals surface area contributed by atoms with Crippen molar-refractivity contribution in [2.75, 3.05) is 11.1 Å². The fraction of sp³-hybridized carbons (Fsp3) is 0.143. The second-order valence-electron chi connectivity index (χ2n) is 6.80. The van der Waals surface area contributed by atoms with E-state index in [0.717, 1.165) is 11.1 Å². The summed E-state index contributed by atoms with van der Waals surface area (Å²) in [5.41, 5.74) is 8.84. The van der Waals surface area contributed by atoms with Gasteiger partial charge in [0.2, 0.25) is 0 Å². The Kier molecular flexibility index (Phi) is 4.65. The molecule has 1 atom stereocenters. The van der Waals surface area contributed by atoms with Crippen LogP contribution >= 0.6 is 0 Å². The lowest BCUT2D eigenvalue weighted by molar-refractivity contribution is 0.0933. The van der Waals surface area contributed by atoms with Gasteiger partial charge in [-0.05, 0) is 60.4 Å². The first-order valence-electron chi connectivity index (χ1n) is 8.84. The van der Waals surface area contributed by atoms with Gasteiger partial charge in [-0.25, -0.2) is 13.8 Å². The quantitative estimate of drug-likeness (QED) is 0.646. The predicted molar refractivity (Wildman–Crippen MR) is 103 cm³/mol. The molecule has 0 fully saturated rings. The van der Waals surface area contributed by atoms with Crippen LogP contribution in [0.25, 0.3) is 0 Å². The number of hydrogen-bond acceptors (Lipinski definition) is 4. The normalized spacial score (nSPS) is 15.1. The van der Waals surface area contributed by atoms with Gasteiger partial charge < -0.3 is 16.4 Å². The van der Waals surface area contributed by atoms with E-state index in [2.05, 4.69) is 15.6 Å². The third-order valence-corrected chi connectivity index (χ3v) is 4.61. The molecule has 28 heavy (non-hydrogen) atoms. The Morgan fingerprint density at radius 2 is 1.79 bits per heavy atom. The zero-order chi connectivity index (χ0) is 19.7. The zero-order valence-corrected chi connectivity index (χ0v) is 14.9. The predicted octanol–water partition coefficient (Wildman–Crippen LogP) is 3.58. The lowest BCUT2D eigenvalue weighted by Crippen LogP contribution is -2.35. The molecule has 0 saturated heterocycles. The number of halogens is 2. The number of carbonyl (C=O) groups excluding carboxylic acids is 1. The Morgan fingerprint density at radius 3 is 2.61 bits per heavy atom. The van der Waals surface area contributed by atoms with Crippen LogP contribution in [0.2, 0.25) is 0 Å². The molecule has 1 aromatic heterocycles. The summed E-state index contributed by atoms with van der Waals surface area (Å²) < 4.78 is 26.7. The Hall–Kier alpha value is -3.48. The summed E-state index contributed by atoms with van der Waals surface area (Å²) in [6.07, 6.45) is 1.20. The van der Waals surface area contributed by atoms with Gasteiger partial charge in [0.25, 0.3) is 5.91 Å². The van der Waals surface area contributed by atoms with Crippen LogP contribution in [0.3, 0.4) is 0 Å². The van der Waals surface area contributed by atoms with Gasteiger partial charge >= 0.3 is 0 Å². The monoisotopic (exact) mass is 380 g/mol. The van der Waals surface area contributed by atoms with Crippen molar-refractivity contribution >= 4 is 23.1 Å². The van der Waals surface area contributed by atoms with Crippen molar-refractivity contribution in [1.29, 1.82) is 0 Å². The molecule has 3 aromatic rings. The Labute approximate surface area is 160 Å². The molecule has 4 rings (SSSR count). The van der Waals surface area contributed by atoms with Gasteiger partial charge in [0.1, 0.15) is 23.1 Å². The first-order chi connectivity index (χ1) is 13.5. The van der Waals surface area contributed by atoms with Crippen LogP contribution in [0.4, 0.5) is 26.0 Å². The maximum atomic E-state index is 13.4. The summed E-state index contributed by atoms with van der Waals surface area (Å²) in [5.74, 6) is -0.694. The van der Waals surface area contributed by atoms with E-state index >= 15 is 0 Å². The van der Waals surface area contributed by atoms with Crippen LogP contribution in [-0.4, -0.2) is 16.9 Å². The molecule has 1 amide bonds. The highest BCUT2D eigenvalue weighted by Gasteiger charge is 2.24. The molecule has 0 aliphatic heterocycles. The molecule has 0 spiro atoms. The average Bonchev–Trinajstić information content (AvgIpc) is 3.02. The number of amides is 1. The number of carbonyl (C=O) groups is 1. The van der Waals surface area contributed by atoms with Crippen LogP contribution in [0.5, 0.6) is 0 Å². The van der Waals surface area contributed by atoms with Gasteiger partial charge in [0.15, 0.2) is 0 Å². The van der Waals surface area contributed by atoms with E-state index in [0.29, 0.717) is 30.0 Å². The molecule has 5 nitrogen and oxygen atoms in total. The Balaban J connectivity index is 1.48. The molecule has 1 aliphatic carbocycles. The fourth-order valence-electron chi connectivity index (χ4n) is 3.39. The molecule has 0 saturated carbocycles. The molecular formula is C21H18F2N4O. The summed E-state index contributed by atoms with van der Waals surface area (Å²) in [5, 5.41) is 5.86. The topological polar surface area (TPSA) is 80.0 Å². The van der Waals surface area contributed by atoms with Crippen LogP contribution in [0.1, 0.15) is 21.6 Å². The van der Waals surface area contributed by atoms with E-state index < -0.39 is 0 Å². The van der Waals surface area contributed by atoms with Crippen molar-refractivity contribution in [3.8, 4) is 0 Å². The second kappa shape index (κ2) is 7.26. The van der Waals surface area contributed by atoms with Gasteiger partial charge in [0.05, 0.1) is 0 Å². The van der Waals surface area contributed by atoms with Crippen molar-refractivity contribution in [2.24, 2.45) is 0 Å². The van der Waals surface area contributed by atoms with Gasteiger partial charge in [-0.1, -0.05) is 12.1 Å². The van der Waals surface area contributed by atoms with Crippen molar-refractivity contribution in [3.63, 3.8) is 0 Å². The highest BCUT2D eigenvalue weighted by molar-refractivity contribution is 5.94. The smallest absolute Gasteiger partial charge is 0.270 e. The van der Waals surface area contributed by atoms with Gasteiger partial charge in [-0.2, -0.15) is 0 Å². The Morgan fingerprint density at radius 1 is 1.00 bits per heavy atom. The summed E-state index contributed by atoms with van der Waals surface area (Å²) >= 11 is 0. The lowest BCUT2D eigenvalue weighted by Gasteiger charge is -2.13. The number of aromatic nitrogens is 1. The SMILES string of the molecule is Nc1cc(Nc2cccc(F)c2)nc(C(=O)NC2Cc3ccc(F)cc3C2)c1. The standard InChI is InChI=1S/C21H18F2N4O/c22-14-2-1-3-17(9-14)25-20-11-16(24)10-19(27-20)21(28)26-18-7-12-4-5-15(23)6-13(12)8-18/h1-6,9-11,18H,7-8H2,(H,26,28)(H3,24,25,27). The minimum absolute atomic E-state index is 0.132. The highest BCUT2D eigenvalue weighted by Crippen LogP contribution is 2.24. The third-order valence-electron chi connectivity index (χ3n) is 4.61. The molecular weight excluding hydrogens is 362 g/mol. The van der Waals surface area contributed by atoms with E-state index in [-0.39, 0.29) is 29.3 Å². The summed E-state index contributed by atoms with van der Waals surface area (Å²) in [6.45, 7) is 0. The van der Waals surface area contributed by atoms with E-state index in [1.165, 1.54) is 30.3 Å². The molecule has 0 bridgehead atoms. The van der Waals surface area contributed by atoms with Gasteiger partial charge in [0, 0.05) is 23.5 Å². The minimum atomic E-state index is -0.385. The van der Waals surface area contributed by atoms with Crippen LogP contribution < -0.4 is 16.4 Å². The Bertz CT molecular complexity index is 1050. The van der Waals surface area contributed by atoms with Crippen molar-refractivity contribution in [2.45, 2.75) is 18.9 Å². The zero-order valence-electron chi connectivity index (χ0n) is 14.9. The number of anilines is 3. The second-order valence-corrected chi connectivity index (χ2v) is 6.80. The largest absolute Gasteiger partial charge is 0.399 e. The number of pyridine rings is 1. The molecule has 1 aliphatic rings. The third kappa shape index (κ3) is 3.93. The van der Waals surface area contributed by atoms with E-state index in [4.69, 9.17) is 5.73 Å². The minimum Gasteiger partial charge on any atom is -0.399 e. The number of nitrogens with one attached hydrogen (secondary N) is 2. The number of rotatable bonds is 4. The van der Waals surface area contributed by atoms with E-state index in [1.54, 1.807) is 24.3 Å². The van der Waals surface area contributed by atoms with E-state index in [1.807, 2.05) is 0 Å². The first kappa shape index (κ1) is 17.9. The lowest BCUT2D eigenvalue weighted by atomic mass is 10.1. The molecule has 142 valence electrons. The maximum Gasteiger partial charge on any atom is 0.270 e. The molecule has 0 radical (unpaired) electrons. The molecule has 2 aromatic carbocycles. The van der Waals surface area contributed by atoms with Crippen molar-refractivity contribution in [3.05, 3.63) is 83.1 Å². The number of benzene rings is 2. The molecule has 4 N–H and O–H groups in total. The number of nitrogens with zero attached hydrogens (tertiary/aromatic N) is 1. The highest BCUT2D eigenvalue weighted by atomic mass is 19.1. The number of nitrogens with two attached hydrogens (primary N) is 1. The molecule has 7 heteroatoms. The summed E-state index contributed by atoms with van der Waals surface area (Å²) in [6, 6.07) is 13.5. The van der Waals surface area contributed by atoms with Crippen molar-refractivity contribution in [1.82, 2.24) is 10.3 Å². The van der Waals surface area contributed by atoms with Crippen LogP contribution in [0, 0.1) is 11.6 Å². The van der Waals surface area contributed by atoms with Crippen LogP contribution in [0.15, 0.2) is 54.6 Å². The molecule has 1 unspecified atom stereocenters. The van der Waals surface area contributed by atoms with Crippen LogP contribution in [-0.2, 0) is 12.8 Å². The average molecular weight is 380 g/mol.